The Hall–Kier alpha value is -2.67. The first kappa shape index (κ1) is 17.7. The number of anilines is 1. The quantitative estimate of drug-likeness (QED) is 0.717. The molecule has 0 aliphatic carbocycles. The minimum absolute atomic E-state index is 0.0896. The average Bonchev–Trinajstić information content (AvgIpc) is 3.04. The monoisotopic (exact) mass is 346 g/mol. The Morgan fingerprint density at radius 1 is 1.08 bits per heavy atom. The molecule has 0 spiro atoms. The van der Waals surface area contributed by atoms with Gasteiger partial charge in [-0.25, -0.2) is 0 Å². The lowest BCUT2D eigenvalue weighted by Gasteiger charge is -2.06. The van der Waals surface area contributed by atoms with Crippen LogP contribution in [0.5, 0.6) is 0 Å². The van der Waals surface area contributed by atoms with Crippen LogP contribution in [-0.2, 0) is 22.4 Å². The van der Waals surface area contributed by atoms with Gasteiger partial charge in [0.25, 0.3) is 5.91 Å². The molecule has 2 aromatic rings. The maximum absolute atomic E-state index is 12.1. The van der Waals surface area contributed by atoms with Crippen LogP contribution in [0.25, 0.3) is 0 Å². The molecule has 6 nitrogen and oxygen atoms in total. The molecular weight excluding hydrogens is 328 g/mol. The highest BCUT2D eigenvalue weighted by Crippen LogP contribution is 2.19. The van der Waals surface area contributed by atoms with Gasteiger partial charge < -0.3 is 15.7 Å². The Morgan fingerprint density at radius 3 is 2.38 bits per heavy atom. The highest BCUT2D eigenvalue weighted by molar-refractivity contribution is 7.14. The maximum atomic E-state index is 12.1. The van der Waals surface area contributed by atoms with Gasteiger partial charge in [0.05, 0.1) is 11.3 Å². The van der Waals surface area contributed by atoms with Crippen LogP contribution in [-0.4, -0.2) is 29.4 Å². The largest absolute Gasteiger partial charge is 0.480 e. The lowest BCUT2D eigenvalue weighted by Crippen LogP contribution is -2.30. The van der Waals surface area contributed by atoms with Crippen LogP contribution in [0.1, 0.15) is 27.0 Å². The molecule has 0 radical (unpaired) electrons. The van der Waals surface area contributed by atoms with Gasteiger partial charge in [0.15, 0.2) is 0 Å². The van der Waals surface area contributed by atoms with Crippen LogP contribution in [0.15, 0.2) is 36.4 Å². The summed E-state index contributed by atoms with van der Waals surface area (Å²) in [6.45, 7) is 1.65. The highest BCUT2D eigenvalue weighted by Gasteiger charge is 2.10. The van der Waals surface area contributed by atoms with Crippen molar-refractivity contribution in [3.63, 3.8) is 0 Å². The zero-order valence-electron chi connectivity index (χ0n) is 13.2. The van der Waals surface area contributed by atoms with E-state index in [0.717, 1.165) is 16.9 Å². The van der Waals surface area contributed by atoms with Crippen LogP contribution in [0.2, 0.25) is 0 Å². The molecule has 126 valence electrons. The molecule has 0 bridgehead atoms. The topological polar surface area (TPSA) is 95.5 Å². The van der Waals surface area contributed by atoms with E-state index in [2.05, 4.69) is 10.6 Å². The number of thiophene rings is 1. The van der Waals surface area contributed by atoms with E-state index in [0.29, 0.717) is 10.6 Å². The highest BCUT2D eigenvalue weighted by atomic mass is 32.1. The number of aryl methyl sites for hydroxylation is 1. The standard InChI is InChI=1S/C17H18N2O4S/c1-2-13-7-8-14(24-13)17(23)19-12-5-3-11(4-6-12)9-15(20)18-10-16(21)22/h3-8H,2,9-10H2,1H3,(H,18,20)(H,19,23)(H,21,22). The summed E-state index contributed by atoms with van der Waals surface area (Å²) >= 11 is 1.47. The van der Waals surface area contributed by atoms with Crippen molar-refractivity contribution in [1.29, 1.82) is 0 Å². The van der Waals surface area contributed by atoms with Crippen LogP contribution < -0.4 is 10.6 Å². The predicted molar refractivity (Wildman–Crippen MR) is 92.4 cm³/mol. The van der Waals surface area contributed by atoms with E-state index < -0.39 is 12.5 Å². The molecule has 3 N–H and O–H groups in total. The number of amides is 2. The fourth-order valence-electron chi connectivity index (χ4n) is 2.01. The van der Waals surface area contributed by atoms with Crippen molar-refractivity contribution in [2.45, 2.75) is 19.8 Å². The molecule has 0 aliphatic rings. The summed E-state index contributed by atoms with van der Waals surface area (Å²) in [6, 6.07) is 10.6. The zero-order chi connectivity index (χ0) is 17.5. The van der Waals surface area contributed by atoms with Gasteiger partial charge in [0.2, 0.25) is 5.91 Å². The molecule has 7 heteroatoms. The van der Waals surface area contributed by atoms with Gasteiger partial charge in [0, 0.05) is 10.6 Å². The number of rotatable bonds is 7. The molecule has 24 heavy (non-hydrogen) atoms. The summed E-state index contributed by atoms with van der Waals surface area (Å²) in [4.78, 5) is 35.9. The van der Waals surface area contributed by atoms with Crippen molar-refractivity contribution in [2.75, 3.05) is 11.9 Å². The van der Waals surface area contributed by atoms with Gasteiger partial charge in [-0.3, -0.25) is 14.4 Å². The third kappa shape index (κ3) is 5.20. The number of benzene rings is 1. The average molecular weight is 346 g/mol. The number of aliphatic carboxylic acids is 1. The summed E-state index contributed by atoms with van der Waals surface area (Å²) in [5.41, 5.74) is 1.38. The van der Waals surface area contributed by atoms with Crippen LogP contribution in [0.4, 0.5) is 5.69 Å². The second-order valence-electron chi connectivity index (χ2n) is 5.12. The minimum atomic E-state index is -1.08. The third-order valence-electron chi connectivity index (χ3n) is 3.25. The number of carboxylic acids is 1. The Balaban J connectivity index is 1.90. The van der Waals surface area contributed by atoms with E-state index in [1.807, 2.05) is 13.0 Å². The molecule has 0 unspecified atom stereocenters. The van der Waals surface area contributed by atoms with Crippen LogP contribution >= 0.6 is 11.3 Å². The van der Waals surface area contributed by atoms with Crippen molar-refractivity contribution in [1.82, 2.24) is 5.32 Å². The number of hydrogen-bond donors (Lipinski definition) is 3. The molecule has 1 aromatic heterocycles. The number of hydrogen-bond acceptors (Lipinski definition) is 4. The fourth-order valence-corrected chi connectivity index (χ4v) is 2.85. The maximum Gasteiger partial charge on any atom is 0.322 e. The predicted octanol–water partition coefficient (Wildman–Crippen LogP) is 2.31. The third-order valence-corrected chi connectivity index (χ3v) is 4.48. The molecule has 2 rings (SSSR count). The summed E-state index contributed by atoms with van der Waals surface area (Å²) in [5, 5.41) is 13.6. The summed E-state index contributed by atoms with van der Waals surface area (Å²) < 4.78 is 0. The first-order valence-electron chi connectivity index (χ1n) is 7.45. The molecule has 0 aliphatic heterocycles. The normalized spacial score (nSPS) is 10.2. The summed E-state index contributed by atoms with van der Waals surface area (Å²) in [7, 11) is 0. The van der Waals surface area contributed by atoms with Crippen molar-refractivity contribution < 1.29 is 19.5 Å². The van der Waals surface area contributed by atoms with Crippen LogP contribution in [0, 0.1) is 0 Å². The van der Waals surface area contributed by atoms with E-state index in [-0.39, 0.29) is 18.2 Å². The molecule has 1 aromatic carbocycles. The SMILES string of the molecule is CCc1ccc(C(=O)Nc2ccc(CC(=O)NCC(=O)O)cc2)s1. The molecule has 0 saturated heterocycles. The number of carbonyl (C=O) groups is 3. The van der Waals surface area contributed by atoms with Crippen molar-refractivity contribution in [3.8, 4) is 0 Å². The van der Waals surface area contributed by atoms with Gasteiger partial charge >= 0.3 is 5.97 Å². The van der Waals surface area contributed by atoms with Gasteiger partial charge in [-0.2, -0.15) is 0 Å². The summed E-state index contributed by atoms with van der Waals surface area (Å²) in [6.07, 6.45) is 0.989. The second-order valence-corrected chi connectivity index (χ2v) is 6.29. The first-order chi connectivity index (χ1) is 11.5. The fraction of sp³-hybridized carbons (Fsp3) is 0.235. The van der Waals surface area contributed by atoms with Gasteiger partial charge in [0.1, 0.15) is 6.54 Å². The Morgan fingerprint density at radius 2 is 1.79 bits per heavy atom. The van der Waals surface area contributed by atoms with E-state index in [9.17, 15) is 14.4 Å². The molecule has 0 saturated carbocycles. The smallest absolute Gasteiger partial charge is 0.322 e. The summed E-state index contributed by atoms with van der Waals surface area (Å²) in [5.74, 6) is -1.60. The number of carboxylic acid groups (broad SMARTS) is 1. The van der Waals surface area contributed by atoms with Crippen molar-refractivity contribution in [2.24, 2.45) is 0 Å². The molecule has 1 heterocycles. The minimum Gasteiger partial charge on any atom is -0.480 e. The van der Waals surface area contributed by atoms with Gasteiger partial charge in [-0.1, -0.05) is 19.1 Å². The second kappa shape index (κ2) is 8.26. The Bertz CT molecular complexity index is 737. The molecule has 2 amide bonds. The van der Waals surface area contributed by atoms with E-state index in [4.69, 9.17) is 5.11 Å². The van der Waals surface area contributed by atoms with Gasteiger partial charge in [-0.15, -0.1) is 11.3 Å². The lowest BCUT2D eigenvalue weighted by molar-refractivity contribution is -0.137. The Labute approximate surface area is 143 Å². The number of carbonyl (C=O) groups excluding carboxylic acids is 2. The zero-order valence-corrected chi connectivity index (χ0v) is 14.0. The van der Waals surface area contributed by atoms with Crippen LogP contribution in [0.3, 0.4) is 0 Å². The molecule has 0 fully saturated rings. The Kier molecular flexibility index (Phi) is 6.08. The molecule has 0 atom stereocenters. The van der Waals surface area contributed by atoms with E-state index in [1.165, 1.54) is 11.3 Å². The van der Waals surface area contributed by atoms with Crippen molar-refractivity contribution >= 4 is 34.8 Å². The first-order valence-corrected chi connectivity index (χ1v) is 8.27. The van der Waals surface area contributed by atoms with Crippen molar-refractivity contribution in [3.05, 3.63) is 51.7 Å². The lowest BCUT2D eigenvalue weighted by atomic mass is 10.1. The van der Waals surface area contributed by atoms with E-state index in [1.54, 1.807) is 30.3 Å². The molecular formula is C17H18N2O4S. The van der Waals surface area contributed by atoms with Gasteiger partial charge in [-0.05, 0) is 36.2 Å². The van der Waals surface area contributed by atoms with E-state index >= 15 is 0 Å². The number of nitrogens with one attached hydrogen (secondary N) is 2.